The van der Waals surface area contributed by atoms with Gasteiger partial charge in [-0.05, 0) is 18.4 Å². The zero-order valence-corrected chi connectivity index (χ0v) is 15.8. The van der Waals surface area contributed by atoms with Crippen molar-refractivity contribution >= 4 is 5.65 Å². The largest absolute Gasteiger partial charge is 0.468 e. The molecular weight excluding hydrogens is 348 g/mol. The molecule has 140 valence electrons. The number of ether oxygens (including phenoxy) is 1. The minimum atomic E-state index is -0.196. The van der Waals surface area contributed by atoms with Crippen molar-refractivity contribution in [1.29, 1.82) is 0 Å². The Bertz CT molecular complexity index is 1100. The van der Waals surface area contributed by atoms with Crippen LogP contribution in [0.4, 0.5) is 0 Å². The third kappa shape index (κ3) is 3.25. The SMILES string of the molecule is Cc1cc(-c2nnc3cc(C(C)(C)C)c(OCc4ncn(C)n4)nn23)no1. The quantitative estimate of drug-likeness (QED) is 0.539. The topological polar surface area (TPSA) is 109 Å². The van der Waals surface area contributed by atoms with Crippen LogP contribution in [0.2, 0.25) is 0 Å². The molecule has 0 bridgehead atoms. The van der Waals surface area contributed by atoms with E-state index in [0.29, 0.717) is 34.6 Å². The third-order valence-corrected chi connectivity index (χ3v) is 4.01. The first-order valence-electron chi connectivity index (χ1n) is 8.49. The van der Waals surface area contributed by atoms with Crippen LogP contribution >= 0.6 is 0 Å². The summed E-state index contributed by atoms with van der Waals surface area (Å²) in [4.78, 5) is 4.19. The molecule has 10 nitrogen and oxygen atoms in total. The fraction of sp³-hybridized carbons (Fsp3) is 0.412. The molecule has 0 aliphatic carbocycles. The van der Waals surface area contributed by atoms with Crippen LogP contribution in [-0.4, -0.2) is 39.7 Å². The van der Waals surface area contributed by atoms with Crippen LogP contribution in [0.15, 0.2) is 23.0 Å². The average molecular weight is 368 g/mol. The van der Waals surface area contributed by atoms with Gasteiger partial charge < -0.3 is 9.26 Å². The highest BCUT2D eigenvalue weighted by Crippen LogP contribution is 2.31. The molecule has 4 aromatic rings. The van der Waals surface area contributed by atoms with Gasteiger partial charge in [0.05, 0.1) is 0 Å². The molecule has 0 spiro atoms. The van der Waals surface area contributed by atoms with Crippen molar-refractivity contribution in [2.75, 3.05) is 0 Å². The Balaban J connectivity index is 1.78. The lowest BCUT2D eigenvalue weighted by Gasteiger charge is -2.21. The normalized spacial score (nSPS) is 12.0. The molecule has 0 atom stereocenters. The van der Waals surface area contributed by atoms with E-state index < -0.39 is 0 Å². The maximum absolute atomic E-state index is 5.97. The lowest BCUT2D eigenvalue weighted by atomic mass is 9.88. The van der Waals surface area contributed by atoms with Crippen molar-refractivity contribution in [1.82, 2.24) is 39.7 Å². The second kappa shape index (κ2) is 6.15. The standard InChI is InChI=1S/C17H20N8O2/c1-10-6-12(23-27-10)15-20-19-14-7-11(17(2,3)4)16(22-25(14)15)26-8-13-18-9-24(5)21-13/h6-7,9H,8H2,1-5H3. The second-order valence-electron chi connectivity index (χ2n) is 7.35. The van der Waals surface area contributed by atoms with Gasteiger partial charge in [0.25, 0.3) is 0 Å². The maximum Gasteiger partial charge on any atom is 0.236 e. The van der Waals surface area contributed by atoms with Gasteiger partial charge in [-0.1, -0.05) is 25.9 Å². The molecule has 0 N–H and O–H groups in total. The molecule has 0 saturated heterocycles. The molecular formula is C17H20N8O2. The minimum absolute atomic E-state index is 0.196. The Morgan fingerprint density at radius 2 is 1.96 bits per heavy atom. The monoisotopic (exact) mass is 368 g/mol. The molecule has 0 amide bonds. The molecule has 10 heteroatoms. The molecule has 0 aromatic carbocycles. The van der Waals surface area contributed by atoms with Gasteiger partial charge in [0, 0.05) is 18.7 Å². The molecule has 0 fully saturated rings. The van der Waals surface area contributed by atoms with E-state index in [0.717, 1.165) is 5.56 Å². The summed E-state index contributed by atoms with van der Waals surface area (Å²) >= 11 is 0. The summed E-state index contributed by atoms with van der Waals surface area (Å²) in [6, 6.07) is 3.71. The van der Waals surface area contributed by atoms with Crippen LogP contribution < -0.4 is 4.74 Å². The number of rotatable bonds is 4. The first kappa shape index (κ1) is 17.1. The van der Waals surface area contributed by atoms with E-state index in [2.05, 4.69) is 51.3 Å². The van der Waals surface area contributed by atoms with Crippen molar-refractivity contribution in [3.8, 4) is 17.4 Å². The van der Waals surface area contributed by atoms with Crippen LogP contribution in [0, 0.1) is 6.92 Å². The van der Waals surface area contributed by atoms with Gasteiger partial charge in [0.1, 0.15) is 12.1 Å². The highest BCUT2D eigenvalue weighted by molar-refractivity contribution is 5.56. The molecule has 4 rings (SSSR count). The number of aryl methyl sites for hydroxylation is 2. The van der Waals surface area contributed by atoms with Crippen LogP contribution in [0.1, 0.15) is 37.9 Å². The Labute approximate surface area is 155 Å². The van der Waals surface area contributed by atoms with Crippen LogP contribution in [0.25, 0.3) is 17.2 Å². The van der Waals surface area contributed by atoms with Crippen molar-refractivity contribution in [2.45, 2.75) is 39.7 Å². The molecule has 0 unspecified atom stereocenters. The Morgan fingerprint density at radius 1 is 1.15 bits per heavy atom. The smallest absolute Gasteiger partial charge is 0.236 e. The van der Waals surface area contributed by atoms with Gasteiger partial charge in [-0.2, -0.15) is 9.61 Å². The number of nitrogens with zero attached hydrogens (tertiary/aromatic N) is 8. The van der Waals surface area contributed by atoms with Crippen molar-refractivity contribution in [3.05, 3.63) is 35.6 Å². The summed E-state index contributed by atoms with van der Waals surface area (Å²) in [6.07, 6.45) is 1.63. The summed E-state index contributed by atoms with van der Waals surface area (Å²) in [5.74, 6) is 2.23. The highest BCUT2D eigenvalue weighted by Gasteiger charge is 2.24. The number of aromatic nitrogens is 8. The Morgan fingerprint density at radius 3 is 2.59 bits per heavy atom. The predicted octanol–water partition coefficient (Wildman–Crippen LogP) is 2.09. The zero-order valence-electron chi connectivity index (χ0n) is 15.8. The number of fused-ring (bicyclic) bond motifs is 1. The molecule has 0 aliphatic heterocycles. The molecule has 0 saturated carbocycles. The summed E-state index contributed by atoms with van der Waals surface area (Å²) in [6.45, 7) is 8.29. The fourth-order valence-electron chi connectivity index (χ4n) is 2.67. The second-order valence-corrected chi connectivity index (χ2v) is 7.35. The first-order valence-corrected chi connectivity index (χ1v) is 8.49. The Kier molecular flexibility index (Phi) is 3.90. The highest BCUT2D eigenvalue weighted by atomic mass is 16.5. The van der Waals surface area contributed by atoms with Gasteiger partial charge in [0.2, 0.25) is 11.7 Å². The minimum Gasteiger partial charge on any atom is -0.468 e. The molecule has 4 aromatic heterocycles. The molecule has 4 heterocycles. The lowest BCUT2D eigenvalue weighted by Crippen LogP contribution is -2.16. The van der Waals surface area contributed by atoms with E-state index in [-0.39, 0.29) is 12.0 Å². The summed E-state index contributed by atoms with van der Waals surface area (Å²) < 4.78 is 14.3. The zero-order chi connectivity index (χ0) is 19.2. The lowest BCUT2D eigenvalue weighted by molar-refractivity contribution is 0.271. The summed E-state index contributed by atoms with van der Waals surface area (Å²) in [5, 5.41) is 21.3. The van der Waals surface area contributed by atoms with Crippen LogP contribution in [0.3, 0.4) is 0 Å². The van der Waals surface area contributed by atoms with E-state index in [9.17, 15) is 0 Å². The van der Waals surface area contributed by atoms with Gasteiger partial charge in [-0.15, -0.1) is 15.3 Å². The maximum atomic E-state index is 5.97. The molecule has 0 radical (unpaired) electrons. The van der Waals surface area contributed by atoms with E-state index in [4.69, 9.17) is 9.26 Å². The third-order valence-electron chi connectivity index (χ3n) is 4.01. The van der Waals surface area contributed by atoms with E-state index in [1.165, 1.54) is 0 Å². The summed E-state index contributed by atoms with van der Waals surface area (Å²) in [7, 11) is 1.81. The van der Waals surface area contributed by atoms with Crippen LogP contribution in [0.5, 0.6) is 5.88 Å². The summed E-state index contributed by atoms with van der Waals surface area (Å²) in [5.41, 5.74) is 1.89. The van der Waals surface area contributed by atoms with E-state index in [1.807, 2.05) is 20.0 Å². The van der Waals surface area contributed by atoms with Crippen molar-refractivity contribution in [3.63, 3.8) is 0 Å². The van der Waals surface area contributed by atoms with E-state index >= 15 is 0 Å². The predicted molar refractivity (Wildman–Crippen MR) is 95.1 cm³/mol. The van der Waals surface area contributed by atoms with Gasteiger partial charge in [-0.25, -0.2) is 4.98 Å². The molecule has 0 aliphatic rings. The average Bonchev–Trinajstić information content (AvgIpc) is 3.30. The first-order chi connectivity index (χ1) is 12.8. The number of hydrogen-bond acceptors (Lipinski definition) is 8. The number of hydrogen-bond donors (Lipinski definition) is 0. The molecule has 27 heavy (non-hydrogen) atoms. The fourth-order valence-corrected chi connectivity index (χ4v) is 2.67. The van der Waals surface area contributed by atoms with Gasteiger partial charge in [0.15, 0.2) is 23.8 Å². The van der Waals surface area contributed by atoms with Gasteiger partial charge in [-0.3, -0.25) is 4.68 Å². The Hall–Kier alpha value is -3.30. The van der Waals surface area contributed by atoms with Gasteiger partial charge >= 0.3 is 0 Å². The van der Waals surface area contributed by atoms with Crippen LogP contribution in [-0.2, 0) is 19.1 Å². The van der Waals surface area contributed by atoms with Crippen molar-refractivity contribution in [2.24, 2.45) is 7.05 Å². The van der Waals surface area contributed by atoms with E-state index in [1.54, 1.807) is 21.6 Å². The van der Waals surface area contributed by atoms with Crippen molar-refractivity contribution < 1.29 is 9.26 Å².